The average Bonchev–Trinajstić information content (AvgIpc) is 2.40. The van der Waals surface area contributed by atoms with Gasteiger partial charge < -0.3 is 5.11 Å². The van der Waals surface area contributed by atoms with Gasteiger partial charge in [0.2, 0.25) is 0 Å². The molecule has 1 N–H and O–H groups in total. The standard InChI is InChI=1S/C13H12N2O4/c1-14-11(16)10(12(17)18)8-15(13(14)19)7-9-5-3-2-4-6-9/h2-6,8H,7H2,1H3,(H,17,18). The minimum Gasteiger partial charge on any atom is -0.477 e. The summed E-state index contributed by atoms with van der Waals surface area (Å²) in [5.41, 5.74) is -0.918. The molecular formula is C13H12N2O4. The number of benzene rings is 1. The van der Waals surface area contributed by atoms with Gasteiger partial charge in [-0.3, -0.25) is 13.9 Å². The molecule has 0 saturated heterocycles. The maximum atomic E-state index is 11.9. The van der Waals surface area contributed by atoms with Crippen LogP contribution in [0.4, 0.5) is 0 Å². The van der Waals surface area contributed by atoms with Crippen LogP contribution in [0.2, 0.25) is 0 Å². The molecule has 0 spiro atoms. The normalized spacial score (nSPS) is 10.4. The topological polar surface area (TPSA) is 81.3 Å². The number of aromatic nitrogens is 2. The van der Waals surface area contributed by atoms with Gasteiger partial charge >= 0.3 is 11.7 Å². The molecule has 6 heteroatoms. The van der Waals surface area contributed by atoms with Crippen molar-refractivity contribution in [3.8, 4) is 0 Å². The van der Waals surface area contributed by atoms with E-state index in [0.717, 1.165) is 16.3 Å². The van der Waals surface area contributed by atoms with E-state index in [4.69, 9.17) is 5.11 Å². The van der Waals surface area contributed by atoms with Gasteiger partial charge in [0.25, 0.3) is 5.56 Å². The molecule has 0 unspecified atom stereocenters. The quantitative estimate of drug-likeness (QED) is 0.860. The fraction of sp³-hybridized carbons (Fsp3) is 0.154. The Morgan fingerprint density at radius 2 is 1.84 bits per heavy atom. The zero-order valence-electron chi connectivity index (χ0n) is 10.2. The van der Waals surface area contributed by atoms with Crippen molar-refractivity contribution in [2.45, 2.75) is 6.54 Å². The Labute approximate surface area is 108 Å². The molecule has 0 aliphatic carbocycles. The highest BCUT2D eigenvalue weighted by Crippen LogP contribution is 2.00. The summed E-state index contributed by atoms with van der Waals surface area (Å²) in [7, 11) is 1.26. The first kappa shape index (κ1) is 12.8. The highest BCUT2D eigenvalue weighted by atomic mass is 16.4. The van der Waals surface area contributed by atoms with Crippen LogP contribution in [0, 0.1) is 0 Å². The number of hydrogen-bond acceptors (Lipinski definition) is 3. The molecule has 2 aromatic rings. The lowest BCUT2D eigenvalue weighted by Gasteiger charge is -2.08. The van der Waals surface area contributed by atoms with E-state index in [0.29, 0.717) is 0 Å². The maximum absolute atomic E-state index is 11.9. The van der Waals surface area contributed by atoms with Gasteiger partial charge in [0, 0.05) is 13.2 Å². The molecule has 19 heavy (non-hydrogen) atoms. The van der Waals surface area contributed by atoms with E-state index in [1.807, 2.05) is 30.3 Å². The van der Waals surface area contributed by atoms with E-state index < -0.39 is 22.8 Å². The number of aromatic carboxylic acids is 1. The summed E-state index contributed by atoms with van der Waals surface area (Å²) in [4.78, 5) is 34.5. The molecule has 0 amide bonds. The largest absolute Gasteiger partial charge is 0.477 e. The molecular weight excluding hydrogens is 248 g/mol. The molecule has 0 fully saturated rings. The molecule has 1 heterocycles. The van der Waals surface area contributed by atoms with Crippen LogP contribution in [-0.4, -0.2) is 20.2 Å². The molecule has 0 atom stereocenters. The average molecular weight is 260 g/mol. The van der Waals surface area contributed by atoms with Crippen LogP contribution in [-0.2, 0) is 13.6 Å². The predicted molar refractivity (Wildman–Crippen MR) is 68.4 cm³/mol. The fourth-order valence-electron chi connectivity index (χ4n) is 1.77. The number of rotatable bonds is 3. The summed E-state index contributed by atoms with van der Waals surface area (Å²) in [5, 5.41) is 8.94. The molecule has 0 aliphatic rings. The van der Waals surface area contributed by atoms with Gasteiger partial charge in [0.15, 0.2) is 0 Å². The van der Waals surface area contributed by atoms with E-state index in [2.05, 4.69) is 0 Å². The lowest BCUT2D eigenvalue weighted by Crippen LogP contribution is -2.40. The van der Waals surface area contributed by atoms with Crippen molar-refractivity contribution < 1.29 is 9.90 Å². The third-order valence-electron chi connectivity index (χ3n) is 2.78. The van der Waals surface area contributed by atoms with Gasteiger partial charge in [0.05, 0.1) is 6.54 Å². The maximum Gasteiger partial charge on any atom is 0.342 e. The molecule has 0 bridgehead atoms. The zero-order valence-corrected chi connectivity index (χ0v) is 10.2. The summed E-state index contributed by atoms with van der Waals surface area (Å²) in [6.07, 6.45) is 1.08. The van der Waals surface area contributed by atoms with Gasteiger partial charge in [-0.2, -0.15) is 0 Å². The highest BCUT2D eigenvalue weighted by Gasteiger charge is 2.14. The van der Waals surface area contributed by atoms with Crippen LogP contribution in [0.1, 0.15) is 15.9 Å². The van der Waals surface area contributed by atoms with E-state index in [-0.39, 0.29) is 6.54 Å². The lowest BCUT2D eigenvalue weighted by molar-refractivity contribution is 0.0693. The van der Waals surface area contributed by atoms with Crippen LogP contribution in [0.5, 0.6) is 0 Å². The van der Waals surface area contributed by atoms with Crippen molar-refractivity contribution in [3.05, 3.63) is 68.5 Å². The summed E-state index contributed by atoms with van der Waals surface area (Å²) in [6.45, 7) is 0.216. The van der Waals surface area contributed by atoms with Crippen molar-refractivity contribution in [2.24, 2.45) is 7.05 Å². The molecule has 1 aromatic heterocycles. The van der Waals surface area contributed by atoms with Crippen LogP contribution < -0.4 is 11.2 Å². The highest BCUT2D eigenvalue weighted by molar-refractivity contribution is 5.86. The van der Waals surface area contributed by atoms with Crippen molar-refractivity contribution >= 4 is 5.97 Å². The second kappa shape index (κ2) is 4.93. The van der Waals surface area contributed by atoms with Crippen molar-refractivity contribution in [2.75, 3.05) is 0 Å². The first-order valence-electron chi connectivity index (χ1n) is 5.58. The smallest absolute Gasteiger partial charge is 0.342 e. The summed E-state index contributed by atoms with van der Waals surface area (Å²) < 4.78 is 2.01. The molecule has 0 radical (unpaired) electrons. The van der Waals surface area contributed by atoms with Crippen LogP contribution in [0.15, 0.2) is 46.1 Å². The Morgan fingerprint density at radius 1 is 1.21 bits per heavy atom. The van der Waals surface area contributed by atoms with Crippen LogP contribution in [0.25, 0.3) is 0 Å². The second-order valence-corrected chi connectivity index (χ2v) is 4.11. The minimum absolute atomic E-state index is 0.216. The first-order valence-corrected chi connectivity index (χ1v) is 5.58. The molecule has 1 aromatic carbocycles. The van der Waals surface area contributed by atoms with E-state index in [1.165, 1.54) is 11.6 Å². The Kier molecular flexibility index (Phi) is 3.33. The van der Waals surface area contributed by atoms with Crippen molar-refractivity contribution in [3.63, 3.8) is 0 Å². The Morgan fingerprint density at radius 3 is 2.42 bits per heavy atom. The van der Waals surface area contributed by atoms with Gasteiger partial charge in [-0.25, -0.2) is 9.59 Å². The van der Waals surface area contributed by atoms with E-state index in [1.54, 1.807) is 0 Å². The third kappa shape index (κ3) is 2.47. The van der Waals surface area contributed by atoms with Gasteiger partial charge in [-0.05, 0) is 5.56 Å². The van der Waals surface area contributed by atoms with Gasteiger partial charge in [-0.15, -0.1) is 0 Å². The third-order valence-corrected chi connectivity index (χ3v) is 2.78. The predicted octanol–water partition coefficient (Wildman–Crippen LogP) is 0.293. The van der Waals surface area contributed by atoms with E-state index >= 15 is 0 Å². The Hall–Kier alpha value is -2.63. The van der Waals surface area contributed by atoms with E-state index in [9.17, 15) is 14.4 Å². The monoisotopic (exact) mass is 260 g/mol. The number of carboxylic acid groups (broad SMARTS) is 1. The van der Waals surface area contributed by atoms with Crippen LogP contribution in [0.3, 0.4) is 0 Å². The summed E-state index contributed by atoms with van der Waals surface area (Å²) in [6, 6.07) is 9.12. The van der Waals surface area contributed by atoms with Crippen LogP contribution >= 0.6 is 0 Å². The first-order chi connectivity index (χ1) is 9.00. The SMILES string of the molecule is Cn1c(=O)c(C(=O)O)cn(Cc2ccccc2)c1=O. The Bertz CT molecular complexity index is 729. The molecule has 0 saturated carbocycles. The fourth-order valence-corrected chi connectivity index (χ4v) is 1.77. The summed E-state index contributed by atoms with van der Waals surface area (Å²) in [5.74, 6) is -1.34. The summed E-state index contributed by atoms with van der Waals surface area (Å²) >= 11 is 0. The van der Waals surface area contributed by atoms with Crippen molar-refractivity contribution in [1.82, 2.24) is 9.13 Å². The molecule has 0 aliphatic heterocycles. The molecule has 2 rings (SSSR count). The number of hydrogen-bond donors (Lipinski definition) is 1. The lowest BCUT2D eigenvalue weighted by atomic mass is 10.2. The zero-order chi connectivity index (χ0) is 14.0. The van der Waals surface area contributed by atoms with Crippen molar-refractivity contribution in [1.29, 1.82) is 0 Å². The number of carbonyl (C=O) groups is 1. The number of nitrogens with zero attached hydrogens (tertiary/aromatic N) is 2. The Balaban J connectivity index is 2.56. The molecule has 6 nitrogen and oxygen atoms in total. The number of carboxylic acids is 1. The second-order valence-electron chi connectivity index (χ2n) is 4.11. The molecule has 98 valence electrons. The van der Waals surface area contributed by atoms with Gasteiger partial charge in [-0.1, -0.05) is 30.3 Å². The minimum atomic E-state index is -1.34. The van der Waals surface area contributed by atoms with Gasteiger partial charge in [0.1, 0.15) is 5.56 Å².